The van der Waals surface area contributed by atoms with Gasteiger partial charge in [0, 0.05) is 39.1 Å². The van der Waals surface area contributed by atoms with Crippen LogP contribution < -0.4 is 5.32 Å². The summed E-state index contributed by atoms with van der Waals surface area (Å²) < 4.78 is 27.5. The van der Waals surface area contributed by atoms with E-state index < -0.39 is 10.0 Å². The van der Waals surface area contributed by atoms with Gasteiger partial charge in [-0.3, -0.25) is 14.5 Å². The van der Waals surface area contributed by atoms with Gasteiger partial charge in [-0.25, -0.2) is 8.42 Å². The van der Waals surface area contributed by atoms with Crippen molar-refractivity contribution >= 4 is 21.8 Å². The number of likely N-dealkylation sites (tertiary alicyclic amines) is 1. The number of nitrogens with one attached hydrogen (secondary N) is 1. The highest BCUT2D eigenvalue weighted by molar-refractivity contribution is 7.89. The highest BCUT2D eigenvalue weighted by Crippen LogP contribution is 2.17. The van der Waals surface area contributed by atoms with Crippen LogP contribution in [0.3, 0.4) is 0 Å². The van der Waals surface area contributed by atoms with Crippen LogP contribution in [0.15, 0.2) is 35.2 Å². The zero-order valence-electron chi connectivity index (χ0n) is 18.2. The van der Waals surface area contributed by atoms with Gasteiger partial charge in [-0.05, 0) is 44.5 Å². The summed E-state index contributed by atoms with van der Waals surface area (Å²) in [6, 6.07) is 8.28. The molecule has 2 fully saturated rings. The maximum atomic E-state index is 13.1. The number of nitrogens with zero attached hydrogens (tertiary/aromatic N) is 3. The molecular weight excluding hydrogens is 416 g/mol. The van der Waals surface area contributed by atoms with Crippen molar-refractivity contribution in [3.63, 3.8) is 0 Å². The maximum absolute atomic E-state index is 13.1. The van der Waals surface area contributed by atoms with E-state index in [0.29, 0.717) is 32.6 Å². The summed E-state index contributed by atoms with van der Waals surface area (Å²) in [5, 5.41) is 2.82. The SMILES string of the molecule is O=C1CCN(S(=O)(=O)c2ccccc2)CCCN(C(=O)CN2CCCCCC2)CCN1. The highest BCUT2D eigenvalue weighted by Gasteiger charge is 2.26. The molecule has 3 rings (SSSR count). The van der Waals surface area contributed by atoms with Crippen molar-refractivity contribution in [1.82, 2.24) is 19.4 Å². The average Bonchev–Trinajstić information content (AvgIpc) is 3.05. The molecule has 0 atom stereocenters. The second-order valence-electron chi connectivity index (χ2n) is 8.24. The molecule has 172 valence electrons. The molecule has 0 radical (unpaired) electrons. The summed E-state index contributed by atoms with van der Waals surface area (Å²) in [6.45, 7) is 3.99. The second kappa shape index (κ2) is 11.6. The molecule has 2 saturated heterocycles. The van der Waals surface area contributed by atoms with Crippen LogP contribution in [-0.2, 0) is 19.6 Å². The standard InChI is InChI=1S/C22H34N4O4S/c27-21-11-17-26(31(29,30)20-9-4-3-5-10-20)16-8-15-25(18-12-23-21)22(28)19-24-13-6-1-2-7-14-24/h3-5,9-10H,1-2,6-8,11-19H2,(H,23,27). The Morgan fingerprint density at radius 1 is 0.871 bits per heavy atom. The third-order valence-corrected chi connectivity index (χ3v) is 7.83. The smallest absolute Gasteiger partial charge is 0.243 e. The molecule has 0 unspecified atom stereocenters. The highest BCUT2D eigenvalue weighted by atomic mass is 32.2. The lowest BCUT2D eigenvalue weighted by Gasteiger charge is -2.27. The molecule has 2 amide bonds. The lowest BCUT2D eigenvalue weighted by molar-refractivity contribution is -0.133. The summed E-state index contributed by atoms with van der Waals surface area (Å²) in [6.07, 6.45) is 5.31. The molecule has 0 spiro atoms. The van der Waals surface area contributed by atoms with Gasteiger partial charge in [-0.15, -0.1) is 0 Å². The van der Waals surface area contributed by atoms with Gasteiger partial charge in [-0.2, -0.15) is 4.31 Å². The van der Waals surface area contributed by atoms with Gasteiger partial charge in [-0.1, -0.05) is 31.0 Å². The zero-order chi connectivity index (χ0) is 22.1. The number of sulfonamides is 1. The minimum Gasteiger partial charge on any atom is -0.354 e. The van der Waals surface area contributed by atoms with Gasteiger partial charge in [0.05, 0.1) is 11.4 Å². The zero-order valence-corrected chi connectivity index (χ0v) is 19.0. The van der Waals surface area contributed by atoms with Crippen molar-refractivity contribution in [2.75, 3.05) is 52.4 Å². The first-order valence-corrected chi connectivity index (χ1v) is 12.7. The fourth-order valence-corrected chi connectivity index (χ4v) is 5.62. The van der Waals surface area contributed by atoms with E-state index in [2.05, 4.69) is 10.2 Å². The number of hydrogen-bond donors (Lipinski definition) is 1. The Morgan fingerprint density at radius 2 is 1.58 bits per heavy atom. The Bertz CT molecular complexity index is 823. The molecule has 9 heteroatoms. The first-order valence-electron chi connectivity index (χ1n) is 11.3. The van der Waals surface area contributed by atoms with Crippen molar-refractivity contribution in [3.05, 3.63) is 30.3 Å². The summed E-state index contributed by atoms with van der Waals surface area (Å²) in [5.41, 5.74) is 0. The number of carbonyl (C=O) groups excluding carboxylic acids is 2. The van der Waals surface area contributed by atoms with Gasteiger partial charge in [0.2, 0.25) is 21.8 Å². The van der Waals surface area contributed by atoms with E-state index in [0.717, 1.165) is 25.9 Å². The monoisotopic (exact) mass is 450 g/mol. The summed E-state index contributed by atoms with van der Waals surface area (Å²) in [4.78, 5) is 29.4. The largest absolute Gasteiger partial charge is 0.354 e. The van der Waals surface area contributed by atoms with E-state index in [4.69, 9.17) is 0 Å². The molecule has 2 aliphatic rings. The Labute approximate surface area is 185 Å². The molecule has 2 heterocycles. The normalized spacial score (nSPS) is 21.0. The molecule has 1 N–H and O–H groups in total. The van der Waals surface area contributed by atoms with Gasteiger partial charge in [0.25, 0.3) is 0 Å². The summed E-state index contributed by atoms with van der Waals surface area (Å²) in [5.74, 6) is -0.150. The fraction of sp³-hybridized carbons (Fsp3) is 0.636. The summed E-state index contributed by atoms with van der Waals surface area (Å²) in [7, 11) is -3.69. The van der Waals surface area contributed by atoms with E-state index >= 15 is 0 Å². The molecule has 1 aromatic carbocycles. The molecule has 8 nitrogen and oxygen atoms in total. The van der Waals surface area contributed by atoms with Crippen LogP contribution in [0.1, 0.15) is 38.5 Å². The van der Waals surface area contributed by atoms with Crippen LogP contribution in [0.25, 0.3) is 0 Å². The van der Waals surface area contributed by atoms with Crippen molar-refractivity contribution < 1.29 is 18.0 Å². The lowest BCUT2D eigenvalue weighted by Crippen LogP contribution is -2.44. The Kier molecular flexibility index (Phi) is 8.86. The van der Waals surface area contributed by atoms with Crippen LogP contribution in [0.5, 0.6) is 0 Å². The van der Waals surface area contributed by atoms with Crippen molar-refractivity contribution in [2.24, 2.45) is 0 Å². The topological polar surface area (TPSA) is 90.0 Å². The lowest BCUT2D eigenvalue weighted by atomic mass is 10.2. The minimum atomic E-state index is -3.69. The first kappa shape index (κ1) is 23.7. The Balaban J connectivity index is 1.66. The molecule has 1 aromatic rings. The molecule has 0 aromatic heterocycles. The minimum absolute atomic E-state index is 0.0489. The Morgan fingerprint density at radius 3 is 2.29 bits per heavy atom. The number of carbonyl (C=O) groups is 2. The molecule has 0 bridgehead atoms. The predicted octanol–water partition coefficient (Wildman–Crippen LogP) is 1.29. The van der Waals surface area contributed by atoms with Crippen LogP contribution in [0, 0.1) is 0 Å². The van der Waals surface area contributed by atoms with E-state index in [1.807, 2.05) is 0 Å². The predicted molar refractivity (Wildman–Crippen MR) is 119 cm³/mol. The van der Waals surface area contributed by atoms with Crippen molar-refractivity contribution in [3.8, 4) is 0 Å². The van der Waals surface area contributed by atoms with Gasteiger partial charge in [0.15, 0.2) is 0 Å². The quantitative estimate of drug-likeness (QED) is 0.747. The molecule has 0 aliphatic carbocycles. The third kappa shape index (κ3) is 7.02. The van der Waals surface area contributed by atoms with Crippen LogP contribution >= 0.6 is 0 Å². The van der Waals surface area contributed by atoms with Crippen molar-refractivity contribution in [2.45, 2.75) is 43.4 Å². The van der Waals surface area contributed by atoms with Crippen LogP contribution in [0.4, 0.5) is 0 Å². The number of benzene rings is 1. The average molecular weight is 451 g/mol. The van der Waals surface area contributed by atoms with E-state index in [1.54, 1.807) is 35.2 Å². The maximum Gasteiger partial charge on any atom is 0.243 e. The van der Waals surface area contributed by atoms with E-state index in [9.17, 15) is 18.0 Å². The fourth-order valence-electron chi connectivity index (χ4n) is 4.12. The van der Waals surface area contributed by atoms with E-state index in [-0.39, 0.29) is 36.2 Å². The molecular formula is C22H34N4O4S. The van der Waals surface area contributed by atoms with E-state index in [1.165, 1.54) is 17.1 Å². The second-order valence-corrected chi connectivity index (χ2v) is 10.2. The number of hydrogen-bond acceptors (Lipinski definition) is 5. The van der Waals surface area contributed by atoms with Crippen LogP contribution in [-0.4, -0.2) is 86.7 Å². The van der Waals surface area contributed by atoms with Gasteiger partial charge in [0.1, 0.15) is 0 Å². The van der Waals surface area contributed by atoms with Crippen LogP contribution in [0.2, 0.25) is 0 Å². The summed E-state index contributed by atoms with van der Waals surface area (Å²) >= 11 is 0. The number of amides is 2. The number of rotatable bonds is 4. The first-order chi connectivity index (χ1) is 15.0. The van der Waals surface area contributed by atoms with Gasteiger partial charge >= 0.3 is 0 Å². The third-order valence-electron chi connectivity index (χ3n) is 5.92. The Hall–Kier alpha value is -1.97. The van der Waals surface area contributed by atoms with Gasteiger partial charge < -0.3 is 10.2 Å². The molecule has 2 aliphatic heterocycles. The van der Waals surface area contributed by atoms with Crippen molar-refractivity contribution in [1.29, 1.82) is 0 Å². The molecule has 31 heavy (non-hydrogen) atoms. The molecule has 0 saturated carbocycles.